The summed E-state index contributed by atoms with van der Waals surface area (Å²) < 4.78 is 10.5. The third-order valence-electron chi connectivity index (χ3n) is 4.00. The zero-order valence-corrected chi connectivity index (χ0v) is 13.6. The van der Waals surface area contributed by atoms with Crippen molar-refractivity contribution in [3.8, 4) is 11.8 Å². The predicted molar refractivity (Wildman–Crippen MR) is 90.3 cm³/mol. The Bertz CT molecular complexity index is 839. The highest BCUT2D eigenvalue weighted by Gasteiger charge is 2.34. The third-order valence-corrected chi connectivity index (χ3v) is 4.00. The largest absolute Gasteiger partial charge is 0.480 e. The van der Waals surface area contributed by atoms with Gasteiger partial charge in [-0.3, -0.25) is 4.79 Å². The van der Waals surface area contributed by atoms with Crippen molar-refractivity contribution in [2.75, 3.05) is 18.6 Å². The van der Waals surface area contributed by atoms with Gasteiger partial charge in [0.25, 0.3) is 5.91 Å². The minimum atomic E-state index is -0.608. The molecule has 0 N–H and O–H groups in total. The van der Waals surface area contributed by atoms with Crippen molar-refractivity contribution < 1.29 is 19.1 Å². The molecule has 0 saturated carbocycles. The maximum atomic E-state index is 12.6. The van der Waals surface area contributed by atoms with Crippen molar-refractivity contribution >= 4 is 17.6 Å². The average Bonchev–Trinajstić information content (AvgIpc) is 3.02. The summed E-state index contributed by atoms with van der Waals surface area (Å²) in [5.74, 6) is -0.154. The molecule has 0 spiro atoms. The Morgan fingerprint density at radius 3 is 2.68 bits per heavy atom. The molecule has 6 nitrogen and oxygen atoms in total. The fourth-order valence-electron chi connectivity index (χ4n) is 2.71. The minimum Gasteiger partial charge on any atom is -0.480 e. The molecule has 2 aromatic rings. The van der Waals surface area contributed by atoms with Gasteiger partial charge in [0.05, 0.1) is 24.3 Å². The third kappa shape index (κ3) is 3.45. The molecule has 1 amide bonds. The molecule has 0 unspecified atom stereocenters. The highest BCUT2D eigenvalue weighted by molar-refractivity contribution is 5.99. The van der Waals surface area contributed by atoms with E-state index in [1.807, 2.05) is 0 Å². The predicted octanol–water partition coefficient (Wildman–Crippen LogP) is 2.53. The van der Waals surface area contributed by atoms with Crippen LogP contribution in [-0.2, 0) is 9.53 Å². The van der Waals surface area contributed by atoms with Crippen LogP contribution in [0.15, 0.2) is 48.5 Å². The summed E-state index contributed by atoms with van der Waals surface area (Å²) in [6, 6.07) is 15.5. The number of benzene rings is 2. The van der Waals surface area contributed by atoms with Gasteiger partial charge in [-0.05, 0) is 42.5 Å². The molecule has 1 saturated heterocycles. The van der Waals surface area contributed by atoms with Gasteiger partial charge in [0.2, 0.25) is 0 Å². The highest BCUT2D eigenvalue weighted by atomic mass is 16.5. The van der Waals surface area contributed by atoms with Crippen molar-refractivity contribution in [2.24, 2.45) is 0 Å². The Balaban J connectivity index is 1.72. The Hall–Kier alpha value is -3.33. The quantitative estimate of drug-likeness (QED) is 0.802. The van der Waals surface area contributed by atoms with Crippen molar-refractivity contribution in [3.63, 3.8) is 0 Å². The maximum absolute atomic E-state index is 12.6. The zero-order chi connectivity index (χ0) is 17.8. The lowest BCUT2D eigenvalue weighted by atomic mass is 10.2. The molecule has 1 heterocycles. The number of anilines is 1. The van der Waals surface area contributed by atoms with Gasteiger partial charge >= 0.3 is 5.97 Å². The second kappa shape index (κ2) is 7.05. The average molecular weight is 336 g/mol. The normalized spacial score (nSPS) is 16.4. The topological polar surface area (TPSA) is 79.6 Å². The summed E-state index contributed by atoms with van der Waals surface area (Å²) in [5, 5.41) is 8.85. The number of rotatable bonds is 4. The number of hydrogen-bond acceptors (Lipinski definition) is 5. The van der Waals surface area contributed by atoms with Crippen LogP contribution < -0.4 is 9.64 Å². The van der Waals surface area contributed by atoms with E-state index in [1.54, 1.807) is 53.4 Å². The number of methoxy groups -OCH3 is 1. The summed E-state index contributed by atoms with van der Waals surface area (Å²) in [4.78, 5) is 25.8. The second-order valence-corrected chi connectivity index (χ2v) is 5.56. The fourth-order valence-corrected chi connectivity index (χ4v) is 2.71. The fraction of sp³-hybridized carbons (Fsp3) is 0.211. The summed E-state index contributed by atoms with van der Waals surface area (Å²) in [5.41, 5.74) is 1.65. The molecule has 0 aliphatic carbocycles. The maximum Gasteiger partial charge on any atom is 0.337 e. The van der Waals surface area contributed by atoms with Crippen molar-refractivity contribution in [1.82, 2.24) is 0 Å². The van der Waals surface area contributed by atoms with Crippen LogP contribution in [-0.4, -0.2) is 31.6 Å². The van der Waals surface area contributed by atoms with Gasteiger partial charge in [-0.25, -0.2) is 4.79 Å². The van der Waals surface area contributed by atoms with Crippen molar-refractivity contribution in [2.45, 2.75) is 12.5 Å². The van der Waals surface area contributed by atoms with Crippen LogP contribution >= 0.6 is 0 Å². The van der Waals surface area contributed by atoms with Crippen LogP contribution in [0.5, 0.6) is 5.75 Å². The molecule has 1 aliphatic rings. The van der Waals surface area contributed by atoms with Gasteiger partial charge in [0.1, 0.15) is 5.75 Å². The molecule has 6 heteroatoms. The summed E-state index contributed by atoms with van der Waals surface area (Å²) in [6.45, 7) is 0.534. The van der Waals surface area contributed by atoms with Crippen LogP contribution in [0.1, 0.15) is 22.3 Å². The number of ether oxygens (including phenoxy) is 2. The Morgan fingerprint density at radius 1 is 1.24 bits per heavy atom. The van der Waals surface area contributed by atoms with Crippen LogP contribution in [0.2, 0.25) is 0 Å². The molecular weight excluding hydrogens is 320 g/mol. The van der Waals surface area contributed by atoms with Crippen molar-refractivity contribution in [3.05, 3.63) is 59.7 Å². The standard InChI is InChI=1S/C19H16N2O4/c1-24-19(23)14-3-2-4-16(11-14)25-17-9-10-21(18(17)22)15-7-5-13(12-20)6-8-15/h2-8,11,17H,9-10H2,1H3/t17-/m1/s1. The van der Waals surface area contributed by atoms with Gasteiger partial charge in [-0.1, -0.05) is 6.07 Å². The van der Waals surface area contributed by atoms with E-state index in [4.69, 9.17) is 10.00 Å². The van der Waals surface area contributed by atoms with Crippen LogP contribution in [0.4, 0.5) is 5.69 Å². The van der Waals surface area contributed by atoms with Gasteiger partial charge in [-0.2, -0.15) is 5.26 Å². The van der Waals surface area contributed by atoms with E-state index in [9.17, 15) is 9.59 Å². The lowest BCUT2D eigenvalue weighted by molar-refractivity contribution is -0.122. The Labute approximate surface area is 145 Å². The number of amides is 1. The molecule has 0 radical (unpaired) electrons. The number of nitrogens with zero attached hydrogens (tertiary/aromatic N) is 2. The molecule has 0 aromatic heterocycles. The molecule has 1 atom stereocenters. The first kappa shape index (κ1) is 16.5. The Kier molecular flexibility index (Phi) is 4.66. The zero-order valence-electron chi connectivity index (χ0n) is 13.6. The van der Waals surface area contributed by atoms with Gasteiger partial charge in [0, 0.05) is 18.7 Å². The van der Waals surface area contributed by atoms with E-state index in [0.717, 1.165) is 5.69 Å². The summed E-state index contributed by atoms with van der Waals surface area (Å²) >= 11 is 0. The van der Waals surface area contributed by atoms with Crippen molar-refractivity contribution in [1.29, 1.82) is 5.26 Å². The number of esters is 1. The number of hydrogen-bond donors (Lipinski definition) is 0. The molecule has 3 rings (SSSR count). The second-order valence-electron chi connectivity index (χ2n) is 5.56. The lowest BCUT2D eigenvalue weighted by Crippen LogP contribution is -2.32. The molecule has 1 aliphatic heterocycles. The van der Waals surface area contributed by atoms with E-state index in [2.05, 4.69) is 10.8 Å². The SMILES string of the molecule is COC(=O)c1cccc(O[C@@H]2CCN(c3ccc(C#N)cc3)C2=O)c1. The molecule has 2 aromatic carbocycles. The minimum absolute atomic E-state index is 0.145. The van der Waals surface area contributed by atoms with E-state index in [-0.39, 0.29) is 5.91 Å². The molecular formula is C19H16N2O4. The highest BCUT2D eigenvalue weighted by Crippen LogP contribution is 2.25. The Morgan fingerprint density at radius 2 is 2.00 bits per heavy atom. The van der Waals surface area contributed by atoms with E-state index >= 15 is 0 Å². The number of nitriles is 1. The molecule has 1 fully saturated rings. The number of carbonyl (C=O) groups is 2. The molecule has 0 bridgehead atoms. The first-order valence-corrected chi connectivity index (χ1v) is 7.79. The monoisotopic (exact) mass is 336 g/mol. The number of carbonyl (C=O) groups excluding carboxylic acids is 2. The lowest BCUT2D eigenvalue weighted by Gasteiger charge is -2.17. The van der Waals surface area contributed by atoms with Crippen LogP contribution in [0, 0.1) is 11.3 Å². The summed E-state index contributed by atoms with van der Waals surface area (Å²) in [7, 11) is 1.31. The van der Waals surface area contributed by atoms with E-state index in [1.165, 1.54) is 7.11 Å². The van der Waals surface area contributed by atoms with E-state index < -0.39 is 12.1 Å². The first-order valence-electron chi connectivity index (χ1n) is 7.79. The van der Waals surface area contributed by atoms with Crippen LogP contribution in [0.25, 0.3) is 0 Å². The smallest absolute Gasteiger partial charge is 0.337 e. The van der Waals surface area contributed by atoms with Gasteiger partial charge in [0.15, 0.2) is 6.10 Å². The summed E-state index contributed by atoms with van der Waals surface area (Å²) in [6.07, 6.45) is -0.0649. The molecule has 25 heavy (non-hydrogen) atoms. The van der Waals surface area contributed by atoms with Crippen LogP contribution in [0.3, 0.4) is 0 Å². The van der Waals surface area contributed by atoms with E-state index in [0.29, 0.717) is 29.8 Å². The first-order chi connectivity index (χ1) is 12.1. The van der Waals surface area contributed by atoms with Gasteiger partial charge in [-0.15, -0.1) is 0 Å². The molecule has 126 valence electrons. The van der Waals surface area contributed by atoms with Gasteiger partial charge < -0.3 is 14.4 Å².